The Labute approximate surface area is 184 Å². The molecule has 31 heavy (non-hydrogen) atoms. The number of nitrogens with zero attached hydrogens (tertiary/aromatic N) is 3. The molecule has 5 nitrogen and oxygen atoms in total. The predicted molar refractivity (Wildman–Crippen MR) is 121 cm³/mol. The fourth-order valence-electron chi connectivity index (χ4n) is 5.01. The van der Waals surface area contributed by atoms with E-state index in [1.165, 1.54) is 30.4 Å². The van der Waals surface area contributed by atoms with E-state index in [-0.39, 0.29) is 11.8 Å². The monoisotopic (exact) mass is 417 g/mol. The average molecular weight is 418 g/mol. The molecule has 1 aliphatic carbocycles. The Kier molecular flexibility index (Phi) is 5.77. The second-order valence-corrected chi connectivity index (χ2v) is 9.12. The number of hydrogen-bond acceptors (Lipinski definition) is 3. The lowest BCUT2D eigenvalue weighted by Gasteiger charge is -2.43. The molecule has 0 spiro atoms. The van der Waals surface area contributed by atoms with Crippen LogP contribution < -0.4 is 0 Å². The van der Waals surface area contributed by atoms with E-state index in [0.29, 0.717) is 13.0 Å². The molecule has 0 atom stereocenters. The molecule has 2 amide bonds. The van der Waals surface area contributed by atoms with Crippen molar-refractivity contribution in [3.63, 3.8) is 0 Å². The summed E-state index contributed by atoms with van der Waals surface area (Å²) in [6.07, 6.45) is 5.26. The summed E-state index contributed by atoms with van der Waals surface area (Å²) in [4.78, 5) is 32.3. The van der Waals surface area contributed by atoms with E-state index in [9.17, 15) is 9.59 Å². The Hall–Kier alpha value is -2.66. The molecule has 162 valence electrons. The summed E-state index contributed by atoms with van der Waals surface area (Å²) in [6.45, 7) is 5.01. The number of carbonyl (C=O) groups excluding carboxylic acids is 2. The van der Waals surface area contributed by atoms with E-state index in [1.807, 2.05) is 46.2 Å². The molecule has 2 heterocycles. The normalized spacial score (nSPS) is 19.6. The van der Waals surface area contributed by atoms with E-state index >= 15 is 0 Å². The molecule has 0 radical (unpaired) electrons. The Morgan fingerprint density at radius 2 is 1.61 bits per heavy atom. The van der Waals surface area contributed by atoms with Crippen LogP contribution in [0.15, 0.2) is 48.5 Å². The van der Waals surface area contributed by atoms with Gasteiger partial charge >= 0.3 is 0 Å². The molecule has 5 rings (SSSR count). The van der Waals surface area contributed by atoms with Crippen LogP contribution in [0.25, 0.3) is 0 Å². The van der Waals surface area contributed by atoms with Gasteiger partial charge in [0, 0.05) is 50.9 Å². The van der Waals surface area contributed by atoms with Gasteiger partial charge in [0.05, 0.1) is 6.42 Å². The van der Waals surface area contributed by atoms with Gasteiger partial charge in [-0.25, -0.2) is 0 Å². The van der Waals surface area contributed by atoms with Crippen molar-refractivity contribution in [1.82, 2.24) is 14.7 Å². The van der Waals surface area contributed by atoms with Gasteiger partial charge in [-0.1, -0.05) is 42.8 Å². The molecule has 0 bridgehead atoms. The molecule has 0 unspecified atom stereocenters. The van der Waals surface area contributed by atoms with Gasteiger partial charge in [-0.3, -0.25) is 14.5 Å². The van der Waals surface area contributed by atoms with E-state index in [4.69, 9.17) is 0 Å². The maximum atomic E-state index is 13.1. The predicted octanol–water partition coefficient (Wildman–Crippen LogP) is 3.12. The Bertz CT molecular complexity index is 946. The minimum Gasteiger partial charge on any atom is -0.338 e. The van der Waals surface area contributed by atoms with Crippen molar-refractivity contribution in [2.45, 2.75) is 44.7 Å². The molecule has 0 N–H and O–H groups in total. The Morgan fingerprint density at radius 3 is 2.32 bits per heavy atom. The van der Waals surface area contributed by atoms with Crippen LogP contribution >= 0.6 is 0 Å². The van der Waals surface area contributed by atoms with Crippen molar-refractivity contribution in [3.05, 3.63) is 70.8 Å². The smallest absolute Gasteiger partial charge is 0.253 e. The van der Waals surface area contributed by atoms with Crippen LogP contribution in [0.5, 0.6) is 0 Å². The number of rotatable bonds is 4. The number of piperazine rings is 1. The van der Waals surface area contributed by atoms with Crippen LogP contribution in [0.3, 0.4) is 0 Å². The lowest BCUT2D eigenvalue weighted by atomic mass is 9.91. The summed E-state index contributed by atoms with van der Waals surface area (Å²) >= 11 is 0. The van der Waals surface area contributed by atoms with Gasteiger partial charge in [-0.15, -0.1) is 0 Å². The van der Waals surface area contributed by atoms with Crippen molar-refractivity contribution in [1.29, 1.82) is 0 Å². The van der Waals surface area contributed by atoms with Crippen molar-refractivity contribution >= 4 is 11.8 Å². The molecular formula is C26H31N3O2. The second-order valence-electron chi connectivity index (χ2n) is 9.12. The summed E-state index contributed by atoms with van der Waals surface area (Å²) in [5.74, 6) is 0.319. The van der Waals surface area contributed by atoms with Crippen LogP contribution in [0.2, 0.25) is 0 Å². The highest BCUT2D eigenvalue weighted by atomic mass is 16.2. The molecule has 2 aromatic rings. The molecule has 2 aliphatic heterocycles. The Morgan fingerprint density at radius 1 is 0.839 bits per heavy atom. The highest BCUT2D eigenvalue weighted by Crippen LogP contribution is 2.26. The van der Waals surface area contributed by atoms with Crippen LogP contribution in [0, 0.1) is 0 Å². The van der Waals surface area contributed by atoms with E-state index < -0.39 is 0 Å². The van der Waals surface area contributed by atoms with Crippen LogP contribution in [0.1, 0.15) is 46.3 Å². The lowest BCUT2D eigenvalue weighted by molar-refractivity contribution is -0.131. The standard InChI is InChI=1S/C26H31N3O2/c30-25(17-20-5-2-1-3-6-20)29-12-11-21-18-22(9-10-23(21)19-29)26(31)28-15-13-27(14-16-28)24-7-4-8-24/h1-3,5-6,9-10,18,24H,4,7-8,11-17,19H2. The number of benzene rings is 2. The molecule has 1 saturated carbocycles. The van der Waals surface area contributed by atoms with Gasteiger partial charge in [-0.2, -0.15) is 0 Å². The first-order chi connectivity index (χ1) is 15.2. The minimum absolute atomic E-state index is 0.152. The topological polar surface area (TPSA) is 43.9 Å². The zero-order valence-corrected chi connectivity index (χ0v) is 18.1. The quantitative estimate of drug-likeness (QED) is 0.768. The molecule has 3 aliphatic rings. The fourth-order valence-corrected chi connectivity index (χ4v) is 5.01. The summed E-state index contributed by atoms with van der Waals surface area (Å²) in [7, 11) is 0. The van der Waals surface area contributed by atoms with E-state index in [2.05, 4.69) is 17.0 Å². The largest absolute Gasteiger partial charge is 0.338 e. The number of hydrogen-bond donors (Lipinski definition) is 0. The molecule has 0 aromatic heterocycles. The third-order valence-corrected chi connectivity index (χ3v) is 7.21. The fraction of sp³-hybridized carbons (Fsp3) is 0.462. The molecule has 1 saturated heterocycles. The van der Waals surface area contributed by atoms with Gasteiger partial charge < -0.3 is 9.80 Å². The molecule has 2 aromatic carbocycles. The van der Waals surface area contributed by atoms with Crippen LogP contribution in [0.4, 0.5) is 0 Å². The minimum atomic E-state index is 0.152. The molecular weight excluding hydrogens is 386 g/mol. The van der Waals surface area contributed by atoms with E-state index in [0.717, 1.165) is 56.3 Å². The second kappa shape index (κ2) is 8.83. The van der Waals surface area contributed by atoms with Gasteiger partial charge in [0.1, 0.15) is 0 Å². The average Bonchev–Trinajstić information content (AvgIpc) is 2.78. The van der Waals surface area contributed by atoms with Crippen molar-refractivity contribution < 1.29 is 9.59 Å². The zero-order valence-electron chi connectivity index (χ0n) is 18.1. The number of amides is 2. The summed E-state index contributed by atoms with van der Waals surface area (Å²) in [5.41, 5.74) is 4.22. The lowest BCUT2D eigenvalue weighted by Crippen LogP contribution is -2.53. The first-order valence-corrected chi connectivity index (χ1v) is 11.6. The van der Waals surface area contributed by atoms with Gasteiger partial charge in [0.2, 0.25) is 5.91 Å². The van der Waals surface area contributed by atoms with Gasteiger partial charge in [0.25, 0.3) is 5.91 Å². The first kappa shape index (κ1) is 20.3. The summed E-state index contributed by atoms with van der Waals surface area (Å²) in [6, 6.07) is 16.7. The summed E-state index contributed by atoms with van der Waals surface area (Å²) < 4.78 is 0. The van der Waals surface area contributed by atoms with Gasteiger partial charge in [-0.05, 0) is 48.1 Å². The van der Waals surface area contributed by atoms with Gasteiger partial charge in [0.15, 0.2) is 0 Å². The molecule has 2 fully saturated rings. The number of carbonyl (C=O) groups is 2. The number of fused-ring (bicyclic) bond motifs is 1. The highest BCUT2D eigenvalue weighted by molar-refractivity contribution is 5.94. The van der Waals surface area contributed by atoms with Crippen LogP contribution in [-0.4, -0.2) is 65.3 Å². The SMILES string of the molecule is O=C(Cc1ccccc1)N1CCc2cc(C(=O)N3CCN(C4CCC4)CC3)ccc2C1. The maximum Gasteiger partial charge on any atom is 0.253 e. The van der Waals surface area contributed by atoms with Crippen LogP contribution in [-0.2, 0) is 24.2 Å². The van der Waals surface area contributed by atoms with Crippen molar-refractivity contribution in [2.24, 2.45) is 0 Å². The zero-order chi connectivity index (χ0) is 21.2. The Balaban J connectivity index is 1.19. The maximum absolute atomic E-state index is 13.1. The van der Waals surface area contributed by atoms with E-state index in [1.54, 1.807) is 0 Å². The third-order valence-electron chi connectivity index (χ3n) is 7.21. The first-order valence-electron chi connectivity index (χ1n) is 11.6. The molecule has 5 heteroatoms. The summed E-state index contributed by atoms with van der Waals surface area (Å²) in [5, 5.41) is 0. The highest BCUT2D eigenvalue weighted by Gasteiger charge is 2.30. The van der Waals surface area contributed by atoms with Crippen molar-refractivity contribution in [2.75, 3.05) is 32.7 Å². The third kappa shape index (κ3) is 4.38. The van der Waals surface area contributed by atoms with Crippen molar-refractivity contribution in [3.8, 4) is 0 Å².